The van der Waals surface area contributed by atoms with E-state index in [2.05, 4.69) is 21.2 Å². The minimum atomic E-state index is -4.29. The summed E-state index contributed by atoms with van der Waals surface area (Å²) in [7, 11) is 1.63. The van der Waals surface area contributed by atoms with Gasteiger partial charge in [0.2, 0.25) is 0 Å². The lowest BCUT2D eigenvalue weighted by molar-refractivity contribution is -0.131. The Bertz CT molecular complexity index is 1250. The number of benzene rings is 1. The maximum Gasteiger partial charge on any atom is 0.390 e. The van der Waals surface area contributed by atoms with Gasteiger partial charge >= 0.3 is 6.18 Å². The molecule has 1 aliphatic carbocycles. The fraction of sp³-hybridized carbons (Fsp3) is 0.375. The van der Waals surface area contributed by atoms with Crippen molar-refractivity contribution in [2.24, 2.45) is 0 Å². The summed E-state index contributed by atoms with van der Waals surface area (Å²) in [5.74, 6) is 2.64. The monoisotopic (exact) mass is 456 g/mol. The molecule has 0 radical (unpaired) electrons. The van der Waals surface area contributed by atoms with Gasteiger partial charge in [-0.3, -0.25) is 9.20 Å². The van der Waals surface area contributed by atoms with Crippen molar-refractivity contribution in [3.8, 4) is 23.6 Å². The van der Waals surface area contributed by atoms with Crippen LogP contribution in [0, 0.1) is 19.3 Å². The fourth-order valence-corrected chi connectivity index (χ4v) is 3.83. The average molecular weight is 456 g/mol. The van der Waals surface area contributed by atoms with Crippen LogP contribution in [0.3, 0.4) is 0 Å². The molecule has 1 N–H and O–H groups in total. The number of fused-ring (bicyclic) bond motifs is 1. The van der Waals surface area contributed by atoms with Gasteiger partial charge in [-0.15, -0.1) is 6.42 Å². The van der Waals surface area contributed by atoms with Crippen LogP contribution in [0.1, 0.15) is 47.3 Å². The molecule has 1 fully saturated rings. The van der Waals surface area contributed by atoms with Crippen LogP contribution in [0.2, 0.25) is 0 Å². The number of carbonyl (C=O) groups excluding carboxylic acids is 1. The zero-order valence-electron chi connectivity index (χ0n) is 18.3. The fourth-order valence-electron chi connectivity index (χ4n) is 3.83. The van der Waals surface area contributed by atoms with Gasteiger partial charge in [-0.2, -0.15) is 13.2 Å². The lowest BCUT2D eigenvalue weighted by Crippen LogP contribution is -2.18. The highest BCUT2D eigenvalue weighted by Crippen LogP contribution is 2.43. The normalized spacial score (nSPS) is 14.8. The van der Waals surface area contributed by atoms with Crippen molar-refractivity contribution in [1.29, 1.82) is 0 Å². The molecule has 2 aromatic heterocycles. The molecule has 1 aliphatic rings. The number of ketones is 1. The number of methoxy groups -OCH3 is 1. The lowest BCUT2D eigenvalue weighted by atomic mass is 9.97. The van der Waals surface area contributed by atoms with E-state index in [9.17, 15) is 18.0 Å². The number of hydrogen-bond acceptors (Lipinski definition) is 5. The van der Waals surface area contributed by atoms with Crippen LogP contribution >= 0.6 is 0 Å². The Morgan fingerprint density at radius 1 is 1.36 bits per heavy atom. The third-order valence-electron chi connectivity index (χ3n) is 5.89. The van der Waals surface area contributed by atoms with Crippen molar-refractivity contribution < 1.29 is 22.7 Å². The highest BCUT2D eigenvalue weighted by atomic mass is 19.4. The first-order valence-electron chi connectivity index (χ1n) is 10.5. The third kappa shape index (κ3) is 4.86. The van der Waals surface area contributed by atoms with E-state index in [1.54, 1.807) is 30.0 Å². The molecule has 1 aromatic carbocycles. The van der Waals surface area contributed by atoms with Crippen LogP contribution in [-0.2, 0) is 4.74 Å². The molecule has 0 atom stereocenters. The molecule has 9 heteroatoms. The van der Waals surface area contributed by atoms with Gasteiger partial charge in [-0.1, -0.05) is 12.1 Å². The van der Waals surface area contributed by atoms with Gasteiger partial charge in [0.25, 0.3) is 0 Å². The molecule has 0 saturated heterocycles. The van der Waals surface area contributed by atoms with Gasteiger partial charge in [0.1, 0.15) is 5.69 Å². The van der Waals surface area contributed by atoms with E-state index in [0.717, 1.165) is 24.0 Å². The van der Waals surface area contributed by atoms with Crippen molar-refractivity contribution >= 4 is 17.2 Å². The first kappa shape index (κ1) is 22.8. The number of halogens is 3. The summed E-state index contributed by atoms with van der Waals surface area (Å²) in [6.07, 6.45) is 5.55. The summed E-state index contributed by atoms with van der Waals surface area (Å²) in [4.78, 5) is 21.3. The number of terminal acetylenes is 1. The number of anilines is 1. The van der Waals surface area contributed by atoms with E-state index in [0.29, 0.717) is 23.3 Å². The predicted molar refractivity (Wildman–Crippen MR) is 118 cm³/mol. The minimum absolute atomic E-state index is 0.0338. The number of hydrogen-bond donors (Lipinski definition) is 1. The first-order valence-corrected chi connectivity index (χ1v) is 10.5. The van der Waals surface area contributed by atoms with Gasteiger partial charge < -0.3 is 10.1 Å². The van der Waals surface area contributed by atoms with E-state index in [1.165, 1.54) is 0 Å². The molecule has 4 rings (SSSR count). The van der Waals surface area contributed by atoms with Crippen LogP contribution < -0.4 is 5.32 Å². The third-order valence-corrected chi connectivity index (χ3v) is 5.89. The summed E-state index contributed by atoms with van der Waals surface area (Å²) in [5, 5.41) is 2.69. The molecule has 3 aromatic rings. The maximum atomic E-state index is 12.8. The summed E-state index contributed by atoms with van der Waals surface area (Å²) in [6, 6.07) is 5.49. The highest BCUT2D eigenvalue weighted by Gasteiger charge is 2.44. The summed E-state index contributed by atoms with van der Waals surface area (Å²) in [6.45, 7) is 1.52. The average Bonchev–Trinajstić information content (AvgIpc) is 3.40. The largest absolute Gasteiger partial charge is 0.390 e. The van der Waals surface area contributed by atoms with Gasteiger partial charge in [-0.05, 0) is 37.3 Å². The molecular formula is C24H23F3N4O2. The Kier molecular flexibility index (Phi) is 5.89. The number of ether oxygens (including phenoxy) is 1. The highest BCUT2D eigenvalue weighted by molar-refractivity contribution is 5.98. The molecule has 0 aliphatic heterocycles. The van der Waals surface area contributed by atoms with Gasteiger partial charge in [0, 0.05) is 37.4 Å². The number of aromatic nitrogens is 3. The number of aryl methyl sites for hydroxylation is 1. The van der Waals surface area contributed by atoms with Gasteiger partial charge in [-0.25, -0.2) is 9.97 Å². The summed E-state index contributed by atoms with van der Waals surface area (Å²) >= 11 is 0. The Morgan fingerprint density at radius 2 is 2.12 bits per heavy atom. The smallest absolute Gasteiger partial charge is 0.378 e. The van der Waals surface area contributed by atoms with Crippen molar-refractivity contribution in [2.75, 3.05) is 19.0 Å². The lowest BCUT2D eigenvalue weighted by Gasteiger charge is -2.14. The Balaban J connectivity index is 1.64. The Labute approximate surface area is 189 Å². The van der Waals surface area contributed by atoms with E-state index in [4.69, 9.17) is 11.2 Å². The number of alkyl halides is 3. The minimum Gasteiger partial charge on any atom is -0.378 e. The SMILES string of the molecule is C#Cc1cn2c(-c3ccc(C(=O)CC4(OC)CC4)c(C)c3)cnc2c(NCCC(F)(F)F)n1. The zero-order valence-corrected chi connectivity index (χ0v) is 18.3. The molecule has 33 heavy (non-hydrogen) atoms. The Hall–Kier alpha value is -3.38. The number of rotatable bonds is 8. The second kappa shape index (κ2) is 8.52. The predicted octanol–water partition coefficient (Wildman–Crippen LogP) is 4.80. The zero-order chi connectivity index (χ0) is 23.8. The second-order valence-electron chi connectivity index (χ2n) is 8.26. The molecule has 172 valence electrons. The van der Waals surface area contributed by atoms with Crippen LogP contribution in [0.4, 0.5) is 19.0 Å². The number of imidazole rings is 1. The summed E-state index contributed by atoms with van der Waals surface area (Å²) < 4.78 is 44.8. The summed E-state index contributed by atoms with van der Waals surface area (Å²) in [5.41, 5.74) is 3.22. The first-order chi connectivity index (χ1) is 15.6. The maximum absolute atomic E-state index is 12.8. The molecule has 0 unspecified atom stereocenters. The molecule has 2 heterocycles. The van der Waals surface area contributed by atoms with Crippen molar-refractivity contribution in [2.45, 2.75) is 44.4 Å². The van der Waals surface area contributed by atoms with Crippen LogP contribution in [-0.4, -0.2) is 45.6 Å². The molecule has 0 spiro atoms. The van der Waals surface area contributed by atoms with Gasteiger partial charge in [0.15, 0.2) is 17.2 Å². The molecule has 1 saturated carbocycles. The quantitative estimate of drug-likeness (QED) is 0.390. The molecule has 6 nitrogen and oxygen atoms in total. The van der Waals surface area contributed by atoms with E-state index in [-0.39, 0.29) is 29.4 Å². The Morgan fingerprint density at radius 3 is 2.73 bits per heavy atom. The van der Waals surface area contributed by atoms with Crippen molar-refractivity contribution in [3.05, 3.63) is 47.4 Å². The number of carbonyl (C=O) groups is 1. The van der Waals surface area contributed by atoms with E-state index < -0.39 is 12.6 Å². The van der Waals surface area contributed by atoms with Crippen LogP contribution in [0.5, 0.6) is 0 Å². The number of nitrogens with zero attached hydrogens (tertiary/aromatic N) is 3. The van der Waals surface area contributed by atoms with Crippen molar-refractivity contribution in [3.63, 3.8) is 0 Å². The molecule has 0 amide bonds. The van der Waals surface area contributed by atoms with E-state index >= 15 is 0 Å². The molecular weight excluding hydrogens is 433 g/mol. The van der Waals surface area contributed by atoms with Crippen LogP contribution in [0.15, 0.2) is 30.6 Å². The second-order valence-corrected chi connectivity index (χ2v) is 8.26. The topological polar surface area (TPSA) is 68.5 Å². The van der Waals surface area contributed by atoms with E-state index in [1.807, 2.05) is 19.1 Å². The number of nitrogens with one attached hydrogen (secondary N) is 1. The molecule has 0 bridgehead atoms. The van der Waals surface area contributed by atoms with Crippen molar-refractivity contribution in [1.82, 2.24) is 14.4 Å². The van der Waals surface area contributed by atoms with Crippen LogP contribution in [0.25, 0.3) is 16.9 Å². The standard InChI is InChI=1S/C24H23F3N4O2/c1-4-17-14-31-19(13-29-22(31)21(30-17)28-10-9-24(25,26)27)16-5-6-18(15(2)11-16)20(32)12-23(33-3)7-8-23/h1,5-6,11,13-14H,7-10,12H2,2-3H3,(H,28,30). The van der Waals surface area contributed by atoms with Gasteiger partial charge in [0.05, 0.1) is 23.9 Å². The number of Topliss-reactive ketones (excluding diaryl/α,β-unsaturated/α-hetero) is 1.